The number of carboxylic acid groups (broad SMARTS) is 1. The number of rotatable bonds is 21. The van der Waals surface area contributed by atoms with Crippen LogP contribution < -0.4 is 0 Å². The number of carbonyl (C=O) groups is 2. The molecule has 0 amide bonds. The van der Waals surface area contributed by atoms with Gasteiger partial charge in [0, 0.05) is 12.8 Å². The highest BCUT2D eigenvalue weighted by atomic mass is 32.1. The largest absolute Gasteiger partial charge is 0.481 e. The monoisotopic (exact) mass is 460 g/mol. The van der Waals surface area contributed by atoms with Gasteiger partial charge in [-0.2, -0.15) is 12.6 Å². The topological polar surface area (TPSA) is 63.6 Å². The summed E-state index contributed by atoms with van der Waals surface area (Å²) in [5.74, 6) is 0.716. The molecule has 0 radical (unpaired) electrons. The number of hydrogen-bond acceptors (Lipinski definition) is 4. The molecule has 0 rings (SSSR count). The maximum atomic E-state index is 11.8. The van der Waals surface area contributed by atoms with Crippen molar-refractivity contribution in [2.24, 2.45) is 5.92 Å². The van der Waals surface area contributed by atoms with E-state index >= 15 is 0 Å². The van der Waals surface area contributed by atoms with E-state index in [0.717, 1.165) is 31.4 Å². The zero-order chi connectivity index (χ0) is 23.6. The Labute approximate surface area is 198 Å². The molecule has 5 heteroatoms. The Morgan fingerprint density at radius 2 is 1.23 bits per heavy atom. The molecule has 0 fully saturated rings. The molecule has 0 saturated carbocycles. The van der Waals surface area contributed by atoms with Crippen LogP contribution in [0.4, 0.5) is 0 Å². The first-order valence-corrected chi connectivity index (χ1v) is 13.6. The summed E-state index contributed by atoms with van der Waals surface area (Å²) in [6, 6.07) is 0. The quantitative estimate of drug-likeness (QED) is 0.103. The Kier molecular flexibility index (Phi) is 28.6. The molecule has 0 aliphatic rings. The van der Waals surface area contributed by atoms with Gasteiger partial charge < -0.3 is 9.84 Å². The summed E-state index contributed by atoms with van der Waals surface area (Å²) in [5.41, 5.74) is 0. The van der Waals surface area contributed by atoms with E-state index in [0.29, 0.717) is 25.4 Å². The summed E-state index contributed by atoms with van der Waals surface area (Å²) < 4.78 is 5.54. The Hall–Kier alpha value is -0.710. The van der Waals surface area contributed by atoms with E-state index in [9.17, 15) is 9.59 Å². The minimum atomic E-state index is -0.693. The van der Waals surface area contributed by atoms with Gasteiger partial charge in [-0.3, -0.25) is 9.59 Å². The van der Waals surface area contributed by atoms with Crippen LogP contribution in [0.5, 0.6) is 0 Å². The second-order valence-corrected chi connectivity index (χ2v) is 9.08. The van der Waals surface area contributed by atoms with E-state index in [1.807, 2.05) is 6.92 Å². The van der Waals surface area contributed by atoms with Gasteiger partial charge >= 0.3 is 11.9 Å². The molecule has 1 N–H and O–H groups in total. The average Bonchev–Trinajstić information content (AvgIpc) is 2.75. The lowest BCUT2D eigenvalue weighted by Crippen LogP contribution is -2.14. The average molecular weight is 461 g/mol. The van der Waals surface area contributed by atoms with Crippen molar-refractivity contribution in [1.82, 2.24) is 0 Å². The molecule has 31 heavy (non-hydrogen) atoms. The van der Waals surface area contributed by atoms with Crippen LogP contribution in [0.25, 0.3) is 0 Å². The smallest absolute Gasteiger partial charge is 0.305 e. The molecule has 1 unspecified atom stereocenters. The highest BCUT2D eigenvalue weighted by Gasteiger charge is 2.12. The summed E-state index contributed by atoms with van der Waals surface area (Å²) in [7, 11) is 0. The van der Waals surface area contributed by atoms with E-state index in [4.69, 9.17) is 9.84 Å². The van der Waals surface area contributed by atoms with E-state index in [2.05, 4.69) is 26.5 Å². The lowest BCUT2D eigenvalue weighted by atomic mass is 9.95. The van der Waals surface area contributed by atoms with Gasteiger partial charge in [-0.15, -0.1) is 0 Å². The third-order valence-electron chi connectivity index (χ3n) is 5.45. The highest BCUT2D eigenvalue weighted by molar-refractivity contribution is 7.80. The fraction of sp³-hybridized carbons (Fsp3) is 0.923. The van der Waals surface area contributed by atoms with E-state index < -0.39 is 5.97 Å². The maximum Gasteiger partial charge on any atom is 0.305 e. The normalized spacial score (nSPS) is 11.5. The van der Waals surface area contributed by atoms with Crippen LogP contribution >= 0.6 is 12.6 Å². The molecule has 4 nitrogen and oxygen atoms in total. The molecule has 0 bridgehead atoms. The summed E-state index contributed by atoms with van der Waals surface area (Å²) in [4.78, 5) is 21.6. The molecule has 0 heterocycles. The standard InChI is InChI=1S/C21H42O2S.C5H10O2/c1-3-5-7-9-10-12-16-20(15-11-8-6-4-2)19-23-21(22)17-13-14-18-24;1-2-3-4-5(6)7/h20,24H,3-19H2,1-2H3;2-4H2,1H3,(H,6,7). The number of thiol groups is 1. The van der Waals surface area contributed by atoms with Crippen molar-refractivity contribution >= 4 is 24.6 Å². The van der Waals surface area contributed by atoms with E-state index in [1.54, 1.807) is 0 Å². The van der Waals surface area contributed by atoms with Crippen molar-refractivity contribution in [1.29, 1.82) is 0 Å². The highest BCUT2D eigenvalue weighted by Crippen LogP contribution is 2.19. The molecule has 1 atom stereocenters. The number of esters is 1. The van der Waals surface area contributed by atoms with Crippen LogP contribution in [0, 0.1) is 5.92 Å². The van der Waals surface area contributed by atoms with Crippen molar-refractivity contribution in [2.75, 3.05) is 12.4 Å². The molecule has 0 aromatic heterocycles. The van der Waals surface area contributed by atoms with E-state index in [1.165, 1.54) is 77.0 Å². The first-order chi connectivity index (χ1) is 15.0. The lowest BCUT2D eigenvalue weighted by Gasteiger charge is -2.17. The maximum absolute atomic E-state index is 11.8. The predicted octanol–water partition coefficient (Wildman–Crippen LogP) is 8.23. The molecule has 0 saturated heterocycles. The molecule has 0 aliphatic carbocycles. The predicted molar refractivity (Wildman–Crippen MR) is 136 cm³/mol. The van der Waals surface area contributed by atoms with Gasteiger partial charge in [-0.25, -0.2) is 0 Å². The summed E-state index contributed by atoms with van der Waals surface area (Å²) >= 11 is 4.18. The Morgan fingerprint density at radius 3 is 1.71 bits per heavy atom. The molecule has 0 aromatic carbocycles. The Balaban J connectivity index is 0. The van der Waals surface area contributed by atoms with Gasteiger partial charge in [0.1, 0.15) is 0 Å². The van der Waals surface area contributed by atoms with Gasteiger partial charge in [-0.05, 0) is 43.8 Å². The molecule has 0 aliphatic heterocycles. The van der Waals surface area contributed by atoms with Crippen LogP contribution in [-0.4, -0.2) is 29.4 Å². The zero-order valence-corrected chi connectivity index (χ0v) is 21.7. The molecule has 0 spiro atoms. The van der Waals surface area contributed by atoms with Gasteiger partial charge in [0.05, 0.1) is 6.61 Å². The fourth-order valence-corrected chi connectivity index (χ4v) is 3.60. The first-order valence-electron chi connectivity index (χ1n) is 13.0. The van der Waals surface area contributed by atoms with Crippen LogP contribution in [0.15, 0.2) is 0 Å². The third kappa shape index (κ3) is 29.3. The van der Waals surface area contributed by atoms with Crippen molar-refractivity contribution in [3.8, 4) is 0 Å². The van der Waals surface area contributed by atoms with Crippen molar-refractivity contribution in [3.05, 3.63) is 0 Å². The molecule has 0 aromatic rings. The minimum absolute atomic E-state index is 0.0155. The van der Waals surface area contributed by atoms with Gasteiger partial charge in [-0.1, -0.05) is 91.4 Å². The van der Waals surface area contributed by atoms with Crippen LogP contribution in [-0.2, 0) is 14.3 Å². The Bertz CT molecular complexity index is 388. The van der Waals surface area contributed by atoms with Gasteiger partial charge in [0.15, 0.2) is 0 Å². The lowest BCUT2D eigenvalue weighted by molar-refractivity contribution is -0.145. The van der Waals surface area contributed by atoms with Crippen molar-refractivity contribution < 1.29 is 19.4 Å². The third-order valence-corrected chi connectivity index (χ3v) is 5.76. The summed E-state index contributed by atoms with van der Waals surface area (Å²) in [6.45, 7) is 7.13. The zero-order valence-electron chi connectivity index (χ0n) is 20.8. The van der Waals surface area contributed by atoms with Crippen molar-refractivity contribution in [2.45, 2.75) is 136 Å². The van der Waals surface area contributed by atoms with Crippen LogP contribution in [0.1, 0.15) is 136 Å². The van der Waals surface area contributed by atoms with Gasteiger partial charge in [0.25, 0.3) is 0 Å². The number of carboxylic acids is 1. The SMILES string of the molecule is CCCCC(=O)O.CCCCCCCCC(CCCCCC)COC(=O)CCCCS. The van der Waals surface area contributed by atoms with Gasteiger partial charge in [0.2, 0.25) is 0 Å². The summed E-state index contributed by atoms with van der Waals surface area (Å²) in [6.07, 6.45) is 20.2. The van der Waals surface area contributed by atoms with Crippen LogP contribution in [0.2, 0.25) is 0 Å². The number of ether oxygens (including phenoxy) is 1. The second kappa shape index (κ2) is 27.3. The van der Waals surface area contributed by atoms with Crippen molar-refractivity contribution in [3.63, 3.8) is 0 Å². The number of aliphatic carboxylic acids is 1. The second-order valence-electron chi connectivity index (χ2n) is 8.63. The molecular weight excluding hydrogens is 408 g/mol. The number of unbranched alkanes of at least 4 members (excludes halogenated alkanes) is 10. The first kappa shape index (κ1) is 32.5. The summed E-state index contributed by atoms with van der Waals surface area (Å²) in [5, 5.41) is 8.04. The molecule has 186 valence electrons. The number of hydrogen-bond donors (Lipinski definition) is 2. The number of carbonyl (C=O) groups excluding carboxylic acids is 1. The minimum Gasteiger partial charge on any atom is -0.481 e. The van der Waals surface area contributed by atoms with Crippen LogP contribution in [0.3, 0.4) is 0 Å². The fourth-order valence-electron chi connectivity index (χ4n) is 3.38. The Morgan fingerprint density at radius 1 is 0.710 bits per heavy atom. The van der Waals surface area contributed by atoms with E-state index in [-0.39, 0.29) is 5.97 Å². The molecular formula is C26H52O4S.